The zero-order valence-corrected chi connectivity index (χ0v) is 14.8. The Bertz CT molecular complexity index is 288. The molecule has 21 heavy (non-hydrogen) atoms. The zero-order valence-electron chi connectivity index (χ0n) is 14.8. The van der Waals surface area contributed by atoms with Crippen molar-refractivity contribution in [3.63, 3.8) is 0 Å². The highest BCUT2D eigenvalue weighted by Crippen LogP contribution is 2.41. The highest BCUT2D eigenvalue weighted by molar-refractivity contribution is 4.93. The Morgan fingerprint density at radius 3 is 2.05 bits per heavy atom. The van der Waals surface area contributed by atoms with E-state index in [1.807, 2.05) is 0 Å². The first-order chi connectivity index (χ1) is 10.2. The molecule has 0 aromatic heterocycles. The number of nitrogens with one attached hydrogen (secondary N) is 1. The lowest BCUT2D eigenvalue weighted by atomic mass is 9.79. The fourth-order valence-corrected chi connectivity index (χ4v) is 4.72. The SMILES string of the molecule is CCNCC1(CN2CCC(CC)(CC)C2)CCCCCC1. The van der Waals surface area contributed by atoms with Crippen LogP contribution in [-0.2, 0) is 0 Å². The number of rotatable bonds is 7. The van der Waals surface area contributed by atoms with Gasteiger partial charge in [-0.1, -0.05) is 46.5 Å². The van der Waals surface area contributed by atoms with Crippen molar-refractivity contribution in [1.29, 1.82) is 0 Å². The van der Waals surface area contributed by atoms with E-state index in [1.165, 1.54) is 84.0 Å². The summed E-state index contributed by atoms with van der Waals surface area (Å²) in [6.45, 7) is 13.4. The molecule has 0 radical (unpaired) electrons. The average molecular weight is 295 g/mol. The standard InChI is InChI=1S/C19H38N2/c1-4-18(5-2)13-14-21(16-18)17-19(15-20-6-3)11-9-7-8-10-12-19/h20H,4-17H2,1-3H3. The second-order valence-electron chi connectivity index (χ2n) is 7.86. The van der Waals surface area contributed by atoms with Gasteiger partial charge in [-0.25, -0.2) is 0 Å². The summed E-state index contributed by atoms with van der Waals surface area (Å²) in [6, 6.07) is 0. The monoisotopic (exact) mass is 294 g/mol. The lowest BCUT2D eigenvalue weighted by molar-refractivity contribution is 0.131. The zero-order chi connectivity index (χ0) is 15.2. The molecule has 0 aromatic rings. The van der Waals surface area contributed by atoms with E-state index in [-0.39, 0.29) is 0 Å². The normalized spacial score (nSPS) is 25.9. The summed E-state index contributed by atoms with van der Waals surface area (Å²) in [7, 11) is 0. The van der Waals surface area contributed by atoms with E-state index in [0.29, 0.717) is 10.8 Å². The fourth-order valence-electron chi connectivity index (χ4n) is 4.72. The van der Waals surface area contributed by atoms with Crippen LogP contribution in [0.5, 0.6) is 0 Å². The van der Waals surface area contributed by atoms with Crippen LogP contribution in [0.3, 0.4) is 0 Å². The minimum absolute atomic E-state index is 0.560. The molecule has 0 spiro atoms. The van der Waals surface area contributed by atoms with Gasteiger partial charge in [0.05, 0.1) is 0 Å². The minimum Gasteiger partial charge on any atom is -0.316 e. The molecular weight excluding hydrogens is 256 g/mol. The minimum atomic E-state index is 0.560. The van der Waals surface area contributed by atoms with E-state index in [9.17, 15) is 0 Å². The molecule has 0 aromatic carbocycles. The maximum Gasteiger partial charge on any atom is 0.00504 e. The van der Waals surface area contributed by atoms with Crippen LogP contribution in [0.2, 0.25) is 0 Å². The van der Waals surface area contributed by atoms with Gasteiger partial charge in [-0.05, 0) is 56.0 Å². The highest BCUT2D eigenvalue weighted by Gasteiger charge is 2.39. The van der Waals surface area contributed by atoms with E-state index in [1.54, 1.807) is 0 Å². The van der Waals surface area contributed by atoms with Gasteiger partial charge in [0.25, 0.3) is 0 Å². The Morgan fingerprint density at radius 1 is 0.857 bits per heavy atom. The van der Waals surface area contributed by atoms with Gasteiger partial charge in [0.15, 0.2) is 0 Å². The molecule has 1 N–H and O–H groups in total. The summed E-state index contributed by atoms with van der Waals surface area (Å²) in [6.07, 6.45) is 12.9. The topological polar surface area (TPSA) is 15.3 Å². The molecule has 1 aliphatic carbocycles. The summed E-state index contributed by atoms with van der Waals surface area (Å²) in [4.78, 5) is 2.82. The maximum atomic E-state index is 3.68. The first-order valence-electron chi connectivity index (χ1n) is 9.61. The van der Waals surface area contributed by atoms with Crippen molar-refractivity contribution in [3.05, 3.63) is 0 Å². The summed E-state index contributed by atoms with van der Waals surface area (Å²) >= 11 is 0. The van der Waals surface area contributed by atoms with Gasteiger partial charge in [-0.2, -0.15) is 0 Å². The highest BCUT2D eigenvalue weighted by atomic mass is 15.2. The summed E-state index contributed by atoms with van der Waals surface area (Å²) in [5.41, 5.74) is 1.19. The Kier molecular flexibility index (Phi) is 6.55. The second kappa shape index (κ2) is 7.97. The molecule has 0 bridgehead atoms. The second-order valence-corrected chi connectivity index (χ2v) is 7.86. The molecule has 0 amide bonds. The molecular formula is C19H38N2. The summed E-state index contributed by atoms with van der Waals surface area (Å²) < 4.78 is 0. The van der Waals surface area contributed by atoms with Gasteiger partial charge >= 0.3 is 0 Å². The van der Waals surface area contributed by atoms with Gasteiger partial charge in [0.1, 0.15) is 0 Å². The van der Waals surface area contributed by atoms with Gasteiger partial charge in [-0.15, -0.1) is 0 Å². The largest absolute Gasteiger partial charge is 0.316 e. The molecule has 0 unspecified atom stereocenters. The molecule has 0 atom stereocenters. The van der Waals surface area contributed by atoms with E-state index in [4.69, 9.17) is 0 Å². The van der Waals surface area contributed by atoms with E-state index >= 15 is 0 Å². The molecule has 2 heteroatoms. The van der Waals surface area contributed by atoms with Crippen LogP contribution >= 0.6 is 0 Å². The van der Waals surface area contributed by atoms with Gasteiger partial charge in [0, 0.05) is 19.6 Å². The van der Waals surface area contributed by atoms with E-state index < -0.39 is 0 Å². The predicted octanol–water partition coefficient (Wildman–Crippen LogP) is 4.45. The number of hydrogen-bond donors (Lipinski definition) is 1. The van der Waals surface area contributed by atoms with Crippen molar-refractivity contribution in [2.75, 3.05) is 32.7 Å². The number of likely N-dealkylation sites (tertiary alicyclic amines) is 1. The molecule has 1 aliphatic heterocycles. The van der Waals surface area contributed by atoms with Gasteiger partial charge in [-0.3, -0.25) is 0 Å². The molecule has 2 fully saturated rings. The molecule has 1 saturated carbocycles. The van der Waals surface area contributed by atoms with Crippen LogP contribution in [0.25, 0.3) is 0 Å². The van der Waals surface area contributed by atoms with Crippen molar-refractivity contribution < 1.29 is 0 Å². The van der Waals surface area contributed by atoms with Crippen LogP contribution in [0, 0.1) is 10.8 Å². The Morgan fingerprint density at radius 2 is 1.52 bits per heavy atom. The van der Waals surface area contributed by atoms with Crippen LogP contribution in [0.1, 0.15) is 78.6 Å². The molecule has 2 rings (SSSR count). The molecule has 2 nitrogen and oxygen atoms in total. The third kappa shape index (κ3) is 4.45. The van der Waals surface area contributed by atoms with Crippen molar-refractivity contribution in [3.8, 4) is 0 Å². The van der Waals surface area contributed by atoms with E-state index in [2.05, 4.69) is 31.0 Å². The first-order valence-corrected chi connectivity index (χ1v) is 9.61. The predicted molar refractivity (Wildman–Crippen MR) is 92.8 cm³/mol. The molecule has 1 saturated heterocycles. The van der Waals surface area contributed by atoms with E-state index in [0.717, 1.165) is 6.54 Å². The van der Waals surface area contributed by atoms with Crippen LogP contribution in [-0.4, -0.2) is 37.6 Å². The first kappa shape index (κ1) is 17.3. The maximum absolute atomic E-state index is 3.68. The summed E-state index contributed by atoms with van der Waals surface area (Å²) in [5.74, 6) is 0. The summed E-state index contributed by atoms with van der Waals surface area (Å²) in [5, 5.41) is 3.68. The fraction of sp³-hybridized carbons (Fsp3) is 1.00. The third-order valence-electron chi connectivity index (χ3n) is 6.49. The molecule has 2 aliphatic rings. The smallest absolute Gasteiger partial charge is 0.00504 e. The Balaban J connectivity index is 1.98. The van der Waals surface area contributed by atoms with Crippen molar-refractivity contribution in [2.45, 2.75) is 78.6 Å². The molecule has 124 valence electrons. The lowest BCUT2D eigenvalue weighted by Gasteiger charge is -2.38. The lowest BCUT2D eigenvalue weighted by Crippen LogP contribution is -2.44. The average Bonchev–Trinajstić information content (AvgIpc) is 2.78. The third-order valence-corrected chi connectivity index (χ3v) is 6.49. The molecule has 1 heterocycles. The number of nitrogens with zero attached hydrogens (tertiary/aromatic N) is 1. The van der Waals surface area contributed by atoms with Gasteiger partial charge in [0.2, 0.25) is 0 Å². The van der Waals surface area contributed by atoms with Crippen molar-refractivity contribution >= 4 is 0 Å². The number of hydrogen-bond acceptors (Lipinski definition) is 2. The van der Waals surface area contributed by atoms with Gasteiger partial charge < -0.3 is 10.2 Å². The quantitative estimate of drug-likeness (QED) is 0.698. The van der Waals surface area contributed by atoms with Crippen molar-refractivity contribution in [2.24, 2.45) is 10.8 Å². The van der Waals surface area contributed by atoms with Crippen LogP contribution < -0.4 is 5.32 Å². The van der Waals surface area contributed by atoms with Crippen molar-refractivity contribution in [1.82, 2.24) is 10.2 Å². The Labute approximate surface area is 133 Å². The van der Waals surface area contributed by atoms with Crippen LogP contribution in [0.15, 0.2) is 0 Å². The Hall–Kier alpha value is -0.0800. The van der Waals surface area contributed by atoms with Crippen LogP contribution in [0.4, 0.5) is 0 Å².